The zero-order valence-corrected chi connectivity index (χ0v) is 17.2. The Kier molecular flexibility index (Phi) is 5.01. The van der Waals surface area contributed by atoms with Crippen LogP contribution in [-0.4, -0.2) is 32.8 Å². The molecule has 156 valence electrons. The molecular formula is C22H17ClN4O4. The lowest BCUT2D eigenvalue weighted by Gasteiger charge is -2.26. The van der Waals surface area contributed by atoms with Gasteiger partial charge in [0.2, 0.25) is 5.82 Å². The number of imidazole rings is 1. The third-order valence-electron chi connectivity index (χ3n) is 5.17. The highest BCUT2D eigenvalue weighted by molar-refractivity contribution is 6.31. The number of methoxy groups -OCH3 is 1. The molecule has 0 bridgehead atoms. The second kappa shape index (κ2) is 7.98. The van der Waals surface area contributed by atoms with Gasteiger partial charge in [-0.15, -0.1) is 0 Å². The molecule has 5 rings (SSSR count). The van der Waals surface area contributed by atoms with E-state index in [1.165, 1.54) is 7.11 Å². The van der Waals surface area contributed by atoms with E-state index >= 15 is 0 Å². The highest BCUT2D eigenvalue weighted by Gasteiger charge is 2.27. The minimum atomic E-state index is -0.403. The van der Waals surface area contributed by atoms with Gasteiger partial charge in [0.25, 0.3) is 5.89 Å². The smallest absolute Gasteiger partial charge is 0.337 e. The van der Waals surface area contributed by atoms with Crippen LogP contribution in [0.1, 0.15) is 27.7 Å². The zero-order valence-electron chi connectivity index (χ0n) is 16.5. The van der Waals surface area contributed by atoms with Gasteiger partial charge in [-0.25, -0.2) is 9.78 Å². The van der Waals surface area contributed by atoms with Crippen LogP contribution in [0.15, 0.2) is 59.4 Å². The molecule has 0 saturated carbocycles. The van der Waals surface area contributed by atoms with E-state index in [0.29, 0.717) is 46.7 Å². The second-order valence-electron chi connectivity index (χ2n) is 7.01. The van der Waals surface area contributed by atoms with Crippen molar-refractivity contribution in [3.63, 3.8) is 0 Å². The Balaban J connectivity index is 1.38. The molecule has 8 nitrogen and oxygen atoms in total. The summed E-state index contributed by atoms with van der Waals surface area (Å²) in [6.45, 7) is 0.929. The number of rotatable bonds is 4. The van der Waals surface area contributed by atoms with Gasteiger partial charge in [-0.2, -0.15) is 4.98 Å². The SMILES string of the molecule is COC(=O)c1ccc(-c2noc(-c3ncn4c3CO[C@H](c3ccccc3Cl)C4)n2)cc1. The molecule has 31 heavy (non-hydrogen) atoms. The summed E-state index contributed by atoms with van der Waals surface area (Å²) in [6, 6.07) is 14.4. The number of carbonyl (C=O) groups is 1. The molecule has 1 aliphatic rings. The van der Waals surface area contributed by atoms with Crippen LogP contribution in [0.3, 0.4) is 0 Å². The highest BCUT2D eigenvalue weighted by atomic mass is 35.5. The summed E-state index contributed by atoms with van der Waals surface area (Å²) in [6.07, 6.45) is 1.58. The quantitative estimate of drug-likeness (QED) is 0.440. The number of hydrogen-bond acceptors (Lipinski definition) is 7. The van der Waals surface area contributed by atoms with Crippen LogP contribution >= 0.6 is 11.6 Å². The molecule has 0 aliphatic carbocycles. The van der Waals surface area contributed by atoms with Gasteiger partial charge < -0.3 is 18.6 Å². The van der Waals surface area contributed by atoms with Crippen LogP contribution in [-0.2, 0) is 22.6 Å². The molecule has 2 aromatic carbocycles. The number of fused-ring (bicyclic) bond motifs is 1. The number of halogens is 1. The Morgan fingerprint density at radius 3 is 2.77 bits per heavy atom. The van der Waals surface area contributed by atoms with Crippen LogP contribution in [0.25, 0.3) is 23.0 Å². The zero-order chi connectivity index (χ0) is 21.4. The number of aromatic nitrogens is 4. The van der Waals surface area contributed by atoms with Gasteiger partial charge in [0, 0.05) is 16.1 Å². The summed E-state index contributed by atoms with van der Waals surface area (Å²) in [5, 5.41) is 4.73. The predicted octanol–water partition coefficient (Wildman–Crippen LogP) is 4.31. The molecular weight excluding hydrogens is 420 g/mol. The van der Waals surface area contributed by atoms with Crippen molar-refractivity contribution >= 4 is 17.6 Å². The van der Waals surface area contributed by atoms with Gasteiger partial charge in [0.1, 0.15) is 6.10 Å². The Labute approximate surface area is 182 Å². The molecule has 0 spiro atoms. The number of benzene rings is 2. The van der Waals surface area contributed by atoms with Gasteiger partial charge in [-0.1, -0.05) is 47.1 Å². The third kappa shape index (κ3) is 3.60. The first-order chi connectivity index (χ1) is 15.1. The van der Waals surface area contributed by atoms with Crippen molar-refractivity contribution in [2.75, 3.05) is 7.11 Å². The molecule has 1 atom stereocenters. The molecule has 0 amide bonds. The van der Waals surface area contributed by atoms with Gasteiger partial charge in [-0.3, -0.25) is 0 Å². The minimum absolute atomic E-state index is 0.158. The van der Waals surface area contributed by atoms with E-state index < -0.39 is 5.97 Å². The summed E-state index contributed by atoms with van der Waals surface area (Å²) in [5.41, 5.74) is 3.55. The fourth-order valence-electron chi connectivity index (χ4n) is 3.54. The van der Waals surface area contributed by atoms with Crippen molar-refractivity contribution in [3.05, 3.63) is 76.7 Å². The van der Waals surface area contributed by atoms with E-state index in [1.807, 2.05) is 28.8 Å². The Morgan fingerprint density at radius 2 is 2.00 bits per heavy atom. The van der Waals surface area contributed by atoms with E-state index in [0.717, 1.165) is 11.3 Å². The largest absolute Gasteiger partial charge is 0.465 e. The Morgan fingerprint density at radius 1 is 1.19 bits per heavy atom. The topological polar surface area (TPSA) is 92.3 Å². The van der Waals surface area contributed by atoms with Crippen LogP contribution in [0.2, 0.25) is 5.02 Å². The maximum Gasteiger partial charge on any atom is 0.337 e. The standard InChI is InChI=1S/C22H17ClN4O4/c1-29-22(28)14-8-6-13(7-9-14)20-25-21(31-26-20)19-17-11-30-18(10-27(17)12-24-19)15-4-2-3-5-16(15)23/h2-9,12,18H,10-11H2,1H3/t18-/m0/s1. The van der Waals surface area contributed by atoms with Crippen molar-refractivity contribution in [3.8, 4) is 23.0 Å². The van der Waals surface area contributed by atoms with Crippen molar-refractivity contribution in [1.82, 2.24) is 19.7 Å². The van der Waals surface area contributed by atoms with Gasteiger partial charge in [0.15, 0.2) is 5.69 Å². The number of ether oxygens (including phenoxy) is 2. The first-order valence-electron chi connectivity index (χ1n) is 9.57. The van der Waals surface area contributed by atoms with Crippen LogP contribution in [0.4, 0.5) is 0 Å². The highest BCUT2D eigenvalue weighted by Crippen LogP contribution is 2.34. The number of esters is 1. The van der Waals surface area contributed by atoms with Gasteiger partial charge in [-0.05, 0) is 18.2 Å². The average Bonchev–Trinajstić information content (AvgIpc) is 3.45. The van der Waals surface area contributed by atoms with Gasteiger partial charge >= 0.3 is 5.97 Å². The van der Waals surface area contributed by atoms with Crippen LogP contribution in [0.5, 0.6) is 0 Å². The lowest BCUT2D eigenvalue weighted by molar-refractivity contribution is 0.00336. The average molecular weight is 437 g/mol. The summed E-state index contributed by atoms with van der Waals surface area (Å²) < 4.78 is 18.2. The lowest BCUT2D eigenvalue weighted by atomic mass is 10.1. The molecule has 0 saturated heterocycles. The normalized spacial score (nSPS) is 15.5. The van der Waals surface area contributed by atoms with Crippen molar-refractivity contribution in [2.24, 2.45) is 0 Å². The summed E-state index contributed by atoms with van der Waals surface area (Å²) in [7, 11) is 1.34. The van der Waals surface area contributed by atoms with E-state index in [1.54, 1.807) is 30.6 Å². The first kappa shape index (κ1) is 19.5. The third-order valence-corrected chi connectivity index (χ3v) is 5.52. The Hall–Kier alpha value is -3.49. The van der Waals surface area contributed by atoms with Crippen molar-refractivity contribution in [2.45, 2.75) is 19.3 Å². The number of hydrogen-bond donors (Lipinski definition) is 0. The molecule has 9 heteroatoms. The van der Waals surface area contributed by atoms with Crippen molar-refractivity contribution in [1.29, 1.82) is 0 Å². The lowest BCUT2D eigenvalue weighted by Crippen LogP contribution is -2.20. The number of carbonyl (C=O) groups excluding carboxylic acids is 1. The molecule has 0 N–H and O–H groups in total. The molecule has 2 aromatic heterocycles. The first-order valence-corrected chi connectivity index (χ1v) is 9.94. The molecule has 0 unspecified atom stereocenters. The van der Waals surface area contributed by atoms with E-state index in [9.17, 15) is 4.79 Å². The van der Waals surface area contributed by atoms with Crippen LogP contribution in [0, 0.1) is 0 Å². The minimum Gasteiger partial charge on any atom is -0.465 e. The molecule has 1 aliphatic heterocycles. The molecule has 0 radical (unpaired) electrons. The fourth-order valence-corrected chi connectivity index (χ4v) is 3.80. The second-order valence-corrected chi connectivity index (χ2v) is 7.41. The monoisotopic (exact) mass is 436 g/mol. The fraction of sp³-hybridized carbons (Fsp3) is 0.182. The molecule has 3 heterocycles. The van der Waals surface area contributed by atoms with Gasteiger partial charge in [0.05, 0.1) is 37.8 Å². The Bertz CT molecular complexity index is 1250. The maximum atomic E-state index is 11.6. The van der Waals surface area contributed by atoms with E-state index in [4.69, 9.17) is 25.6 Å². The van der Waals surface area contributed by atoms with E-state index in [-0.39, 0.29) is 6.10 Å². The summed E-state index contributed by atoms with van der Waals surface area (Å²) in [5.74, 6) is 0.305. The summed E-state index contributed by atoms with van der Waals surface area (Å²) >= 11 is 6.32. The maximum absolute atomic E-state index is 11.6. The van der Waals surface area contributed by atoms with E-state index in [2.05, 4.69) is 15.1 Å². The van der Waals surface area contributed by atoms with Crippen molar-refractivity contribution < 1.29 is 18.8 Å². The molecule has 4 aromatic rings. The number of nitrogens with zero attached hydrogens (tertiary/aromatic N) is 4. The molecule has 0 fully saturated rings. The van der Waals surface area contributed by atoms with Crippen LogP contribution < -0.4 is 0 Å². The predicted molar refractivity (Wildman–Crippen MR) is 111 cm³/mol. The summed E-state index contributed by atoms with van der Waals surface area (Å²) in [4.78, 5) is 20.5.